The second kappa shape index (κ2) is 9.32. The summed E-state index contributed by atoms with van der Waals surface area (Å²) in [6.07, 6.45) is 2.72. The number of ether oxygens (including phenoxy) is 1. The molecular weight excluding hydrogens is 428 g/mol. The van der Waals surface area contributed by atoms with E-state index in [4.69, 9.17) is 4.74 Å². The average Bonchev–Trinajstić information content (AvgIpc) is 2.80. The molecule has 0 aliphatic heterocycles. The van der Waals surface area contributed by atoms with Crippen molar-refractivity contribution >= 4 is 27.6 Å². The Bertz CT molecular complexity index is 1070. The molecule has 1 fully saturated rings. The van der Waals surface area contributed by atoms with Crippen molar-refractivity contribution in [2.24, 2.45) is 5.92 Å². The molecule has 1 saturated carbocycles. The van der Waals surface area contributed by atoms with Gasteiger partial charge >= 0.3 is 5.97 Å². The molecule has 0 bridgehead atoms. The maximum Gasteiger partial charge on any atom is 0.331 e. The molecule has 1 amide bonds. The van der Waals surface area contributed by atoms with Crippen molar-refractivity contribution in [3.05, 3.63) is 59.7 Å². The van der Waals surface area contributed by atoms with Crippen LogP contribution in [0.5, 0.6) is 0 Å². The number of carbonyl (C=O) groups is 2. The molecule has 8 heteroatoms. The van der Waals surface area contributed by atoms with Crippen LogP contribution in [-0.2, 0) is 19.6 Å². The molecule has 32 heavy (non-hydrogen) atoms. The molecule has 1 aliphatic carbocycles. The van der Waals surface area contributed by atoms with Gasteiger partial charge in [-0.15, -0.1) is 0 Å². The minimum Gasteiger partial charge on any atom is -0.467 e. The van der Waals surface area contributed by atoms with E-state index in [0.29, 0.717) is 30.0 Å². The molecule has 3 rings (SSSR count). The molecule has 1 N–H and O–H groups in total. The lowest BCUT2D eigenvalue weighted by atomic mass is 9.77. The van der Waals surface area contributed by atoms with Gasteiger partial charge in [0, 0.05) is 12.6 Å². The van der Waals surface area contributed by atoms with Crippen molar-refractivity contribution in [2.75, 3.05) is 18.5 Å². The maximum atomic E-state index is 12.9. The number of esters is 1. The summed E-state index contributed by atoms with van der Waals surface area (Å²) in [4.78, 5) is 25.6. The number of hydrogen-bond acceptors (Lipinski definition) is 5. The van der Waals surface area contributed by atoms with Gasteiger partial charge in [0.05, 0.1) is 17.7 Å². The Labute approximate surface area is 189 Å². The summed E-state index contributed by atoms with van der Waals surface area (Å²) in [5, 5.41) is 2.88. The van der Waals surface area contributed by atoms with Crippen LogP contribution in [0.4, 0.5) is 5.69 Å². The number of hydrogen-bond donors (Lipinski definition) is 1. The van der Waals surface area contributed by atoms with Gasteiger partial charge in [-0.3, -0.25) is 9.10 Å². The van der Waals surface area contributed by atoms with Crippen LogP contribution >= 0.6 is 0 Å². The van der Waals surface area contributed by atoms with Crippen molar-refractivity contribution in [1.82, 2.24) is 5.32 Å². The second-order valence-electron chi connectivity index (χ2n) is 8.54. The predicted molar refractivity (Wildman–Crippen MR) is 123 cm³/mol. The monoisotopic (exact) mass is 458 g/mol. The molecule has 0 atom stereocenters. The number of methoxy groups -OCH3 is 1. The minimum absolute atomic E-state index is 0.193. The highest BCUT2D eigenvalue weighted by Crippen LogP contribution is 2.33. The van der Waals surface area contributed by atoms with Crippen LogP contribution in [0.25, 0.3) is 0 Å². The summed E-state index contributed by atoms with van der Waals surface area (Å²) in [5.41, 5.74) is 0.718. The topological polar surface area (TPSA) is 92.8 Å². The summed E-state index contributed by atoms with van der Waals surface area (Å²) < 4.78 is 31.9. The first-order valence-corrected chi connectivity index (χ1v) is 12.1. The number of nitrogens with one attached hydrogen (secondary N) is 1. The highest BCUT2D eigenvalue weighted by atomic mass is 32.2. The fraction of sp³-hybridized carbons (Fsp3) is 0.417. The van der Waals surface area contributed by atoms with Crippen LogP contribution < -0.4 is 9.62 Å². The maximum absolute atomic E-state index is 12.9. The third-order valence-corrected chi connectivity index (χ3v) is 8.03. The van der Waals surface area contributed by atoms with Crippen molar-refractivity contribution in [3.63, 3.8) is 0 Å². The van der Waals surface area contributed by atoms with Gasteiger partial charge < -0.3 is 10.1 Å². The Balaban J connectivity index is 1.77. The van der Waals surface area contributed by atoms with E-state index >= 15 is 0 Å². The number of aryl methyl sites for hydroxylation is 1. The van der Waals surface area contributed by atoms with E-state index in [2.05, 4.69) is 12.2 Å². The quantitative estimate of drug-likeness (QED) is 0.667. The van der Waals surface area contributed by atoms with E-state index in [9.17, 15) is 18.0 Å². The molecule has 0 heterocycles. The zero-order valence-corrected chi connectivity index (χ0v) is 19.7. The van der Waals surface area contributed by atoms with Crippen molar-refractivity contribution < 1.29 is 22.7 Å². The molecule has 172 valence electrons. The smallest absolute Gasteiger partial charge is 0.331 e. The van der Waals surface area contributed by atoms with Gasteiger partial charge in [-0.1, -0.05) is 24.6 Å². The van der Waals surface area contributed by atoms with Gasteiger partial charge in [-0.25, -0.2) is 13.2 Å². The Hall–Kier alpha value is -2.87. The Morgan fingerprint density at radius 2 is 1.59 bits per heavy atom. The van der Waals surface area contributed by atoms with Gasteiger partial charge in [0.15, 0.2) is 0 Å². The van der Waals surface area contributed by atoms with Gasteiger partial charge in [-0.2, -0.15) is 0 Å². The molecule has 2 aromatic rings. The van der Waals surface area contributed by atoms with E-state index < -0.39 is 21.5 Å². The number of rotatable bonds is 6. The minimum atomic E-state index is -3.72. The number of nitrogens with zero attached hydrogens (tertiary/aromatic N) is 1. The van der Waals surface area contributed by atoms with Crippen molar-refractivity contribution in [1.29, 1.82) is 0 Å². The van der Waals surface area contributed by atoms with Crippen LogP contribution in [0.15, 0.2) is 53.4 Å². The van der Waals surface area contributed by atoms with E-state index in [-0.39, 0.29) is 10.8 Å². The number of benzene rings is 2. The third kappa shape index (κ3) is 4.80. The lowest BCUT2D eigenvalue weighted by Crippen LogP contribution is -2.56. The van der Waals surface area contributed by atoms with Crippen LogP contribution in [-0.4, -0.2) is 40.0 Å². The fourth-order valence-corrected chi connectivity index (χ4v) is 5.15. The van der Waals surface area contributed by atoms with E-state index in [0.717, 1.165) is 18.4 Å². The van der Waals surface area contributed by atoms with Gasteiger partial charge in [-0.05, 0) is 74.9 Å². The molecule has 7 nitrogen and oxygen atoms in total. The number of sulfonamides is 1. The van der Waals surface area contributed by atoms with Crippen molar-refractivity contribution in [3.8, 4) is 0 Å². The first-order valence-electron chi connectivity index (χ1n) is 10.7. The molecule has 0 spiro atoms. The molecule has 1 aliphatic rings. The average molecular weight is 459 g/mol. The first-order chi connectivity index (χ1) is 15.1. The molecule has 0 unspecified atom stereocenters. The Morgan fingerprint density at radius 3 is 2.12 bits per heavy atom. The normalized spacial score (nSPS) is 20.9. The summed E-state index contributed by atoms with van der Waals surface area (Å²) in [7, 11) is -0.924. The van der Waals surface area contributed by atoms with E-state index in [1.54, 1.807) is 48.5 Å². The van der Waals surface area contributed by atoms with E-state index in [1.807, 2.05) is 6.92 Å². The second-order valence-corrected chi connectivity index (χ2v) is 10.5. The summed E-state index contributed by atoms with van der Waals surface area (Å²) >= 11 is 0. The van der Waals surface area contributed by atoms with Crippen LogP contribution in [0.1, 0.15) is 48.5 Å². The largest absolute Gasteiger partial charge is 0.467 e. The zero-order chi connectivity index (χ0) is 23.5. The Morgan fingerprint density at radius 1 is 1.03 bits per heavy atom. The molecule has 2 aromatic carbocycles. The van der Waals surface area contributed by atoms with Gasteiger partial charge in [0.1, 0.15) is 5.54 Å². The van der Waals surface area contributed by atoms with Crippen LogP contribution in [0, 0.1) is 12.8 Å². The lowest BCUT2D eigenvalue weighted by molar-refractivity contribution is -0.150. The number of anilines is 1. The van der Waals surface area contributed by atoms with Crippen LogP contribution in [0.2, 0.25) is 0 Å². The fourth-order valence-electron chi connectivity index (χ4n) is 3.95. The van der Waals surface area contributed by atoms with Gasteiger partial charge in [0.2, 0.25) is 0 Å². The van der Waals surface area contributed by atoms with E-state index in [1.165, 1.54) is 18.5 Å². The standard InChI is InChI=1S/C24H30N2O5S/c1-17-5-11-21(12-6-17)32(29,30)26(3)20-9-7-19(8-10-20)22(27)25-24(23(28)31-4)15-13-18(2)14-16-24/h5-12,18H,13-16H2,1-4H3,(H,25,27). The lowest BCUT2D eigenvalue weighted by Gasteiger charge is -2.37. The highest BCUT2D eigenvalue weighted by Gasteiger charge is 2.43. The van der Waals surface area contributed by atoms with Crippen molar-refractivity contribution in [2.45, 2.75) is 50.0 Å². The number of amides is 1. The van der Waals surface area contributed by atoms with Gasteiger partial charge in [0.25, 0.3) is 15.9 Å². The predicted octanol–water partition coefficient (Wildman–Crippen LogP) is 3.67. The zero-order valence-electron chi connectivity index (χ0n) is 18.9. The third-order valence-electron chi connectivity index (χ3n) is 6.23. The molecule has 0 radical (unpaired) electrons. The summed E-state index contributed by atoms with van der Waals surface area (Å²) in [6.45, 7) is 4.02. The molecular formula is C24H30N2O5S. The number of carbonyl (C=O) groups excluding carboxylic acids is 2. The Kier molecular flexibility index (Phi) is 6.93. The van der Waals surface area contributed by atoms with Crippen LogP contribution in [0.3, 0.4) is 0 Å². The first kappa shape index (κ1) is 23.8. The summed E-state index contributed by atoms with van der Waals surface area (Å²) in [6, 6.07) is 12.9. The SMILES string of the molecule is COC(=O)C1(NC(=O)c2ccc(N(C)S(=O)(=O)c3ccc(C)cc3)cc2)CCC(C)CC1. The molecule has 0 saturated heterocycles. The highest BCUT2D eigenvalue weighted by molar-refractivity contribution is 7.92. The molecule has 0 aromatic heterocycles. The summed E-state index contributed by atoms with van der Waals surface area (Å²) in [5.74, 6) is -0.325.